The first kappa shape index (κ1) is 11.6. The number of aromatic nitrogens is 1. The van der Waals surface area contributed by atoms with Crippen LogP contribution in [0.3, 0.4) is 0 Å². The van der Waals surface area contributed by atoms with Crippen molar-refractivity contribution in [2.75, 3.05) is 19.0 Å². The fraction of sp³-hybridized carbons (Fsp3) is 0.231. The van der Waals surface area contributed by atoms with Crippen LogP contribution in [0.2, 0.25) is 0 Å². The average Bonchev–Trinajstić information content (AvgIpc) is 2.81. The number of hydrogen-bond acceptors (Lipinski definition) is 4. The van der Waals surface area contributed by atoms with Crippen molar-refractivity contribution < 1.29 is 0 Å². The molecule has 0 aliphatic rings. The Labute approximate surface area is 105 Å². The van der Waals surface area contributed by atoms with Crippen LogP contribution in [0.1, 0.15) is 11.1 Å². The van der Waals surface area contributed by atoms with Crippen LogP contribution in [0.4, 0.5) is 5.82 Å². The summed E-state index contributed by atoms with van der Waals surface area (Å²) in [6.07, 6.45) is 0. The molecule has 0 aliphatic carbocycles. The lowest BCUT2D eigenvalue weighted by Gasteiger charge is -2.15. The molecule has 17 heavy (non-hydrogen) atoms. The van der Waals surface area contributed by atoms with Crippen molar-refractivity contribution in [1.29, 1.82) is 5.26 Å². The lowest BCUT2D eigenvalue weighted by Crippen LogP contribution is -2.13. The van der Waals surface area contributed by atoms with Gasteiger partial charge in [0, 0.05) is 14.1 Å². The molecule has 0 fully saturated rings. The lowest BCUT2D eigenvalue weighted by molar-refractivity contribution is 1.06. The molecule has 0 radical (unpaired) electrons. The minimum Gasteiger partial charge on any atom is -0.362 e. The van der Waals surface area contributed by atoms with Crippen molar-refractivity contribution in [2.24, 2.45) is 0 Å². The van der Waals surface area contributed by atoms with Crippen LogP contribution in [0, 0.1) is 18.3 Å². The number of nitriles is 1. The van der Waals surface area contributed by atoms with E-state index in [1.807, 2.05) is 49.5 Å². The third-order valence-electron chi connectivity index (χ3n) is 2.49. The largest absolute Gasteiger partial charge is 0.362 e. The van der Waals surface area contributed by atoms with Gasteiger partial charge in [-0.15, -0.1) is 11.3 Å². The van der Waals surface area contributed by atoms with Gasteiger partial charge in [0.1, 0.15) is 11.9 Å². The monoisotopic (exact) mass is 243 g/mol. The number of pyridine rings is 1. The first-order valence-electron chi connectivity index (χ1n) is 5.26. The Kier molecular flexibility index (Phi) is 3.12. The lowest BCUT2D eigenvalue weighted by atomic mass is 10.1. The van der Waals surface area contributed by atoms with Crippen LogP contribution in [0.25, 0.3) is 10.6 Å². The summed E-state index contributed by atoms with van der Waals surface area (Å²) >= 11 is 1.66. The predicted molar refractivity (Wildman–Crippen MR) is 71.3 cm³/mol. The van der Waals surface area contributed by atoms with Crippen molar-refractivity contribution >= 4 is 17.2 Å². The molecule has 0 saturated carbocycles. The SMILES string of the molecule is Cc1cc(C#N)c(N(C)C)nc1-c1cccs1. The average molecular weight is 243 g/mol. The zero-order chi connectivity index (χ0) is 12.4. The number of rotatable bonds is 2. The van der Waals surface area contributed by atoms with Crippen LogP contribution in [0.5, 0.6) is 0 Å². The minimum absolute atomic E-state index is 0.618. The van der Waals surface area contributed by atoms with E-state index in [0.29, 0.717) is 5.56 Å². The first-order chi connectivity index (χ1) is 8.13. The highest BCUT2D eigenvalue weighted by Crippen LogP contribution is 2.29. The maximum Gasteiger partial charge on any atom is 0.146 e. The molecule has 2 heterocycles. The molecule has 0 N–H and O–H groups in total. The van der Waals surface area contributed by atoms with Crippen molar-refractivity contribution in [3.05, 3.63) is 34.7 Å². The number of aryl methyl sites for hydroxylation is 1. The van der Waals surface area contributed by atoms with Gasteiger partial charge in [-0.2, -0.15) is 5.26 Å². The Morgan fingerprint density at radius 3 is 2.71 bits per heavy atom. The molecular formula is C13H13N3S. The highest BCUT2D eigenvalue weighted by molar-refractivity contribution is 7.13. The highest BCUT2D eigenvalue weighted by Gasteiger charge is 2.12. The van der Waals surface area contributed by atoms with Crippen LogP contribution < -0.4 is 4.90 Å². The predicted octanol–water partition coefficient (Wildman–Crippen LogP) is 3.06. The van der Waals surface area contributed by atoms with Crippen LogP contribution in [-0.2, 0) is 0 Å². The van der Waals surface area contributed by atoms with Gasteiger partial charge in [0.15, 0.2) is 0 Å². The van der Waals surface area contributed by atoms with Gasteiger partial charge < -0.3 is 4.90 Å². The Balaban J connectivity index is 2.63. The fourth-order valence-corrected chi connectivity index (χ4v) is 2.47. The zero-order valence-electron chi connectivity index (χ0n) is 10.1. The van der Waals surface area contributed by atoms with Gasteiger partial charge in [-0.25, -0.2) is 4.98 Å². The van der Waals surface area contributed by atoms with Gasteiger partial charge in [0.2, 0.25) is 0 Å². The van der Waals surface area contributed by atoms with E-state index >= 15 is 0 Å². The summed E-state index contributed by atoms with van der Waals surface area (Å²) in [6.45, 7) is 1.99. The van der Waals surface area contributed by atoms with Crippen molar-refractivity contribution in [1.82, 2.24) is 4.98 Å². The molecule has 0 unspecified atom stereocenters. The molecule has 0 amide bonds. The van der Waals surface area contributed by atoms with E-state index in [1.165, 1.54) is 0 Å². The Morgan fingerprint density at radius 1 is 1.41 bits per heavy atom. The van der Waals surface area contributed by atoms with Crippen molar-refractivity contribution in [3.8, 4) is 16.6 Å². The molecule has 0 aromatic carbocycles. The molecule has 0 aliphatic heterocycles. The molecule has 0 saturated heterocycles. The van der Waals surface area contributed by atoms with Crippen molar-refractivity contribution in [2.45, 2.75) is 6.92 Å². The Hall–Kier alpha value is -1.86. The van der Waals surface area contributed by atoms with E-state index in [0.717, 1.165) is 22.0 Å². The zero-order valence-corrected chi connectivity index (χ0v) is 10.9. The Bertz CT molecular complexity index is 565. The normalized spacial score (nSPS) is 10.0. The van der Waals surface area contributed by atoms with Gasteiger partial charge in [0.05, 0.1) is 16.1 Å². The Morgan fingerprint density at radius 2 is 2.18 bits per heavy atom. The molecule has 0 spiro atoms. The summed E-state index contributed by atoms with van der Waals surface area (Å²) < 4.78 is 0. The number of nitrogens with zero attached hydrogens (tertiary/aromatic N) is 3. The van der Waals surface area contributed by atoms with E-state index in [-0.39, 0.29) is 0 Å². The molecular weight excluding hydrogens is 230 g/mol. The maximum atomic E-state index is 9.10. The van der Waals surface area contributed by atoms with Crippen LogP contribution in [0.15, 0.2) is 23.6 Å². The van der Waals surface area contributed by atoms with E-state index in [4.69, 9.17) is 5.26 Å². The third kappa shape index (κ3) is 2.15. The van der Waals surface area contributed by atoms with Crippen LogP contribution in [-0.4, -0.2) is 19.1 Å². The second kappa shape index (κ2) is 4.56. The number of hydrogen-bond donors (Lipinski definition) is 0. The third-order valence-corrected chi connectivity index (χ3v) is 3.37. The molecule has 2 rings (SSSR count). The van der Waals surface area contributed by atoms with E-state index in [9.17, 15) is 0 Å². The molecule has 3 nitrogen and oxygen atoms in total. The van der Waals surface area contributed by atoms with Crippen LogP contribution >= 0.6 is 11.3 Å². The molecule has 0 bridgehead atoms. The van der Waals surface area contributed by atoms with E-state index < -0.39 is 0 Å². The summed E-state index contributed by atoms with van der Waals surface area (Å²) in [7, 11) is 3.80. The second-order valence-corrected chi connectivity index (χ2v) is 4.96. The summed E-state index contributed by atoms with van der Waals surface area (Å²) in [5, 5.41) is 11.1. The van der Waals surface area contributed by atoms with Gasteiger partial charge in [0.25, 0.3) is 0 Å². The molecule has 86 valence electrons. The van der Waals surface area contributed by atoms with Gasteiger partial charge >= 0.3 is 0 Å². The van der Waals surface area contributed by atoms with Gasteiger partial charge in [-0.1, -0.05) is 6.07 Å². The summed E-state index contributed by atoms with van der Waals surface area (Å²) in [4.78, 5) is 7.60. The molecule has 2 aromatic heterocycles. The van der Waals surface area contributed by atoms with Gasteiger partial charge in [-0.05, 0) is 30.0 Å². The quantitative estimate of drug-likeness (QED) is 0.814. The first-order valence-corrected chi connectivity index (χ1v) is 6.14. The second-order valence-electron chi connectivity index (χ2n) is 4.01. The van der Waals surface area contributed by atoms with E-state index in [2.05, 4.69) is 11.1 Å². The number of thiophene rings is 1. The minimum atomic E-state index is 0.618. The number of anilines is 1. The molecule has 4 heteroatoms. The van der Waals surface area contributed by atoms with Gasteiger partial charge in [-0.3, -0.25) is 0 Å². The fourth-order valence-electron chi connectivity index (χ4n) is 1.69. The molecule has 0 atom stereocenters. The summed E-state index contributed by atoms with van der Waals surface area (Å²) in [5.74, 6) is 0.724. The summed E-state index contributed by atoms with van der Waals surface area (Å²) in [6, 6.07) is 8.15. The van der Waals surface area contributed by atoms with E-state index in [1.54, 1.807) is 11.3 Å². The topological polar surface area (TPSA) is 39.9 Å². The highest BCUT2D eigenvalue weighted by atomic mass is 32.1. The molecule has 2 aromatic rings. The maximum absolute atomic E-state index is 9.10. The van der Waals surface area contributed by atoms with Crippen molar-refractivity contribution in [3.63, 3.8) is 0 Å². The standard InChI is InChI=1S/C13H13N3S/c1-9-7-10(8-14)13(16(2)3)15-12(9)11-5-4-6-17-11/h4-7H,1-3H3. The summed E-state index contributed by atoms with van der Waals surface area (Å²) in [5.41, 5.74) is 2.62. The smallest absolute Gasteiger partial charge is 0.146 e.